The summed E-state index contributed by atoms with van der Waals surface area (Å²) in [5.41, 5.74) is 0.430. The molecule has 3 heterocycles. The van der Waals surface area contributed by atoms with Crippen LogP contribution in [0.15, 0.2) is 54.9 Å². The molecule has 0 bridgehead atoms. The number of amides is 1. The van der Waals surface area contributed by atoms with Crippen molar-refractivity contribution in [1.29, 1.82) is 0 Å². The van der Waals surface area contributed by atoms with Gasteiger partial charge in [0.25, 0.3) is 5.91 Å². The van der Waals surface area contributed by atoms with Crippen LogP contribution in [0.1, 0.15) is 44.6 Å². The highest BCUT2D eigenvalue weighted by molar-refractivity contribution is 6.04. The molecule has 6 nitrogen and oxygen atoms in total. The Morgan fingerprint density at radius 3 is 2.62 bits per heavy atom. The van der Waals surface area contributed by atoms with Crippen molar-refractivity contribution in [2.45, 2.75) is 51.4 Å². The Labute approximate surface area is 170 Å². The number of anilines is 1. The number of carbonyl (C=O) groups excluding carboxylic acids is 1. The van der Waals surface area contributed by atoms with Crippen LogP contribution in [0, 0.1) is 0 Å². The molecule has 1 saturated heterocycles. The second-order valence-electron chi connectivity index (χ2n) is 8.50. The maximum atomic E-state index is 12.4. The van der Waals surface area contributed by atoms with Gasteiger partial charge in [-0.2, -0.15) is 0 Å². The number of benzene rings is 1. The molecule has 1 atom stereocenters. The SMILES string of the molecule is CC1(C)CC(Oc2nccc3cc(NC(=O)c4ccccn4)ccc23)C(C)(C)O1. The molecule has 1 unspecified atom stereocenters. The fraction of sp³-hybridized carbons (Fsp3) is 0.348. The molecular formula is C23H25N3O3. The molecular weight excluding hydrogens is 366 g/mol. The zero-order valence-electron chi connectivity index (χ0n) is 17.1. The van der Waals surface area contributed by atoms with Crippen LogP contribution in [-0.2, 0) is 4.74 Å². The molecule has 1 fully saturated rings. The van der Waals surface area contributed by atoms with Crippen molar-refractivity contribution in [3.63, 3.8) is 0 Å². The summed E-state index contributed by atoms with van der Waals surface area (Å²) < 4.78 is 12.4. The minimum atomic E-state index is -0.399. The van der Waals surface area contributed by atoms with E-state index in [1.807, 2.05) is 38.1 Å². The summed E-state index contributed by atoms with van der Waals surface area (Å²) >= 11 is 0. The van der Waals surface area contributed by atoms with Crippen LogP contribution in [0.4, 0.5) is 5.69 Å². The lowest BCUT2D eigenvalue weighted by atomic mass is 9.97. The van der Waals surface area contributed by atoms with Gasteiger partial charge in [0.2, 0.25) is 5.88 Å². The van der Waals surface area contributed by atoms with Crippen molar-refractivity contribution < 1.29 is 14.3 Å². The summed E-state index contributed by atoms with van der Waals surface area (Å²) in [5, 5.41) is 4.71. The Hall–Kier alpha value is -2.99. The van der Waals surface area contributed by atoms with E-state index in [0.717, 1.165) is 17.2 Å². The van der Waals surface area contributed by atoms with Crippen molar-refractivity contribution in [2.75, 3.05) is 5.32 Å². The predicted molar refractivity (Wildman–Crippen MR) is 112 cm³/mol. The Bertz CT molecular complexity index is 1050. The van der Waals surface area contributed by atoms with Gasteiger partial charge in [-0.3, -0.25) is 9.78 Å². The van der Waals surface area contributed by atoms with Crippen LogP contribution >= 0.6 is 0 Å². The highest BCUT2D eigenvalue weighted by Crippen LogP contribution is 2.40. The predicted octanol–water partition coefficient (Wildman–Crippen LogP) is 4.61. The molecule has 2 aromatic heterocycles. The van der Waals surface area contributed by atoms with Crippen molar-refractivity contribution in [1.82, 2.24) is 9.97 Å². The number of nitrogens with one attached hydrogen (secondary N) is 1. The molecule has 4 rings (SSSR count). The zero-order valence-corrected chi connectivity index (χ0v) is 17.1. The standard InChI is InChI=1S/C23H25N3O3/c1-22(2)14-19(23(3,4)29-22)28-21-17-9-8-16(13-15(17)10-12-25-21)26-20(27)18-7-5-6-11-24-18/h5-13,19H,14H2,1-4H3,(H,26,27). The maximum Gasteiger partial charge on any atom is 0.274 e. The van der Waals surface area contributed by atoms with E-state index in [9.17, 15) is 4.79 Å². The molecule has 3 aromatic rings. The van der Waals surface area contributed by atoms with Gasteiger partial charge in [0.05, 0.1) is 5.60 Å². The zero-order chi connectivity index (χ0) is 20.6. The number of fused-ring (bicyclic) bond motifs is 1. The number of ether oxygens (including phenoxy) is 2. The number of nitrogens with zero attached hydrogens (tertiary/aromatic N) is 2. The van der Waals surface area contributed by atoms with E-state index in [4.69, 9.17) is 9.47 Å². The second-order valence-corrected chi connectivity index (χ2v) is 8.50. The quantitative estimate of drug-likeness (QED) is 0.703. The van der Waals surface area contributed by atoms with E-state index in [2.05, 4.69) is 29.1 Å². The van der Waals surface area contributed by atoms with Crippen LogP contribution in [0.5, 0.6) is 5.88 Å². The Morgan fingerprint density at radius 1 is 1.10 bits per heavy atom. The average Bonchev–Trinajstić information content (AvgIpc) is 2.88. The van der Waals surface area contributed by atoms with Crippen molar-refractivity contribution in [2.24, 2.45) is 0 Å². The Balaban J connectivity index is 1.58. The molecule has 150 valence electrons. The molecule has 1 aromatic carbocycles. The van der Waals surface area contributed by atoms with E-state index >= 15 is 0 Å². The number of rotatable bonds is 4. The lowest BCUT2D eigenvalue weighted by molar-refractivity contribution is -0.0848. The van der Waals surface area contributed by atoms with Gasteiger partial charge < -0.3 is 14.8 Å². The fourth-order valence-electron chi connectivity index (χ4n) is 3.84. The number of hydrogen-bond donors (Lipinski definition) is 1. The number of pyridine rings is 2. The van der Waals surface area contributed by atoms with Gasteiger partial charge in [-0.15, -0.1) is 0 Å². The van der Waals surface area contributed by atoms with Gasteiger partial charge in [0.1, 0.15) is 17.4 Å². The summed E-state index contributed by atoms with van der Waals surface area (Å²) in [7, 11) is 0. The number of carbonyl (C=O) groups is 1. The molecule has 0 aliphatic carbocycles. The van der Waals surface area contributed by atoms with Crippen LogP contribution in [0.3, 0.4) is 0 Å². The summed E-state index contributed by atoms with van der Waals surface area (Å²) in [6.07, 6.45) is 4.01. The third kappa shape index (κ3) is 4.07. The number of aromatic nitrogens is 2. The van der Waals surface area contributed by atoms with Crippen LogP contribution < -0.4 is 10.1 Å². The molecule has 6 heteroatoms. The van der Waals surface area contributed by atoms with E-state index in [0.29, 0.717) is 17.3 Å². The molecule has 1 aliphatic rings. The minimum Gasteiger partial charge on any atom is -0.471 e. The minimum absolute atomic E-state index is 0.0980. The van der Waals surface area contributed by atoms with Gasteiger partial charge in [-0.1, -0.05) is 6.07 Å². The van der Waals surface area contributed by atoms with Crippen molar-refractivity contribution in [3.05, 3.63) is 60.6 Å². The first-order chi connectivity index (χ1) is 13.7. The fourth-order valence-corrected chi connectivity index (χ4v) is 3.84. The van der Waals surface area contributed by atoms with E-state index in [1.165, 1.54) is 0 Å². The van der Waals surface area contributed by atoms with Gasteiger partial charge in [0.15, 0.2) is 0 Å². The monoisotopic (exact) mass is 391 g/mol. The van der Waals surface area contributed by atoms with E-state index in [1.54, 1.807) is 30.6 Å². The largest absolute Gasteiger partial charge is 0.471 e. The molecule has 1 aliphatic heterocycles. The summed E-state index contributed by atoms with van der Waals surface area (Å²) in [5.74, 6) is 0.326. The van der Waals surface area contributed by atoms with E-state index < -0.39 is 5.60 Å². The highest BCUT2D eigenvalue weighted by atomic mass is 16.6. The molecule has 29 heavy (non-hydrogen) atoms. The van der Waals surface area contributed by atoms with Gasteiger partial charge in [-0.25, -0.2) is 4.98 Å². The topological polar surface area (TPSA) is 73.3 Å². The van der Waals surface area contributed by atoms with Crippen LogP contribution in [0.25, 0.3) is 10.8 Å². The van der Waals surface area contributed by atoms with Gasteiger partial charge >= 0.3 is 0 Å². The number of hydrogen-bond acceptors (Lipinski definition) is 5. The first kappa shape index (κ1) is 19.3. The molecule has 0 saturated carbocycles. The third-order valence-electron chi connectivity index (χ3n) is 5.13. The van der Waals surface area contributed by atoms with Crippen LogP contribution in [0.2, 0.25) is 0 Å². The second kappa shape index (κ2) is 7.12. The smallest absolute Gasteiger partial charge is 0.274 e. The lowest BCUT2D eigenvalue weighted by Crippen LogP contribution is -2.36. The first-order valence-corrected chi connectivity index (χ1v) is 9.72. The molecule has 0 spiro atoms. The van der Waals surface area contributed by atoms with Gasteiger partial charge in [0, 0.05) is 29.9 Å². The summed E-state index contributed by atoms with van der Waals surface area (Å²) in [6, 6.07) is 12.8. The molecule has 1 amide bonds. The summed E-state index contributed by atoms with van der Waals surface area (Å²) in [6.45, 7) is 8.24. The molecule has 1 N–H and O–H groups in total. The van der Waals surface area contributed by atoms with Crippen LogP contribution in [-0.4, -0.2) is 33.2 Å². The normalized spacial score (nSPS) is 19.8. The van der Waals surface area contributed by atoms with Crippen molar-refractivity contribution in [3.8, 4) is 5.88 Å². The Morgan fingerprint density at radius 2 is 1.93 bits per heavy atom. The lowest BCUT2D eigenvalue weighted by Gasteiger charge is -2.27. The Kier molecular flexibility index (Phi) is 4.74. The third-order valence-corrected chi connectivity index (χ3v) is 5.13. The van der Waals surface area contributed by atoms with Crippen molar-refractivity contribution >= 4 is 22.4 Å². The van der Waals surface area contributed by atoms with Gasteiger partial charge in [-0.05, 0) is 69.5 Å². The maximum absolute atomic E-state index is 12.4. The average molecular weight is 391 g/mol. The molecule has 0 radical (unpaired) electrons. The summed E-state index contributed by atoms with van der Waals surface area (Å²) in [4.78, 5) is 20.9. The highest BCUT2D eigenvalue weighted by Gasteiger charge is 2.47. The van der Waals surface area contributed by atoms with E-state index in [-0.39, 0.29) is 17.6 Å². The first-order valence-electron chi connectivity index (χ1n) is 9.72.